The van der Waals surface area contributed by atoms with E-state index in [9.17, 15) is 4.79 Å². The molecule has 2 aliphatic heterocycles. The highest BCUT2D eigenvalue weighted by Gasteiger charge is 2.34. The Morgan fingerprint density at radius 3 is 2.74 bits per heavy atom. The number of aryl methyl sites for hydroxylation is 1. The minimum Gasteiger partial charge on any atom is -0.377 e. The zero-order valence-corrected chi connectivity index (χ0v) is 22.5. The van der Waals surface area contributed by atoms with Gasteiger partial charge in [0.25, 0.3) is 5.56 Å². The molecule has 4 aromatic rings. The maximum absolute atomic E-state index is 13.7. The molecule has 6 rings (SSSR count). The summed E-state index contributed by atoms with van der Waals surface area (Å²) in [4.78, 5) is 20.4. The number of aromatic nitrogens is 5. The number of rotatable bonds is 10. The highest BCUT2D eigenvalue weighted by atomic mass is 32.1. The van der Waals surface area contributed by atoms with Gasteiger partial charge in [-0.1, -0.05) is 19.1 Å². The molecule has 200 valence electrons. The van der Waals surface area contributed by atoms with Gasteiger partial charge in [0, 0.05) is 42.3 Å². The standard InChI is InChI=1S/C28H34N6O3S/c1-2-19-9-10-25-20(14-19)15-24(28(35)29-25)26(27-30-31-32-34(27)17-22-7-4-12-37-22)33(16-21-6-3-11-36-21)18-23-8-5-13-38-23/h5,8-10,13-15,21-22,26H,2-4,6-7,11-12,16-18H2,1H3,(H,29,35). The Kier molecular flexibility index (Phi) is 7.64. The van der Waals surface area contributed by atoms with Gasteiger partial charge in [0.2, 0.25) is 0 Å². The lowest BCUT2D eigenvalue weighted by Gasteiger charge is -2.32. The number of benzene rings is 1. The van der Waals surface area contributed by atoms with Crippen LogP contribution in [0.2, 0.25) is 0 Å². The molecule has 3 unspecified atom stereocenters. The van der Waals surface area contributed by atoms with E-state index in [2.05, 4.69) is 62.0 Å². The highest BCUT2D eigenvalue weighted by molar-refractivity contribution is 7.09. The summed E-state index contributed by atoms with van der Waals surface area (Å²) in [5, 5.41) is 16.1. The van der Waals surface area contributed by atoms with Crippen LogP contribution in [-0.4, -0.2) is 62.1 Å². The van der Waals surface area contributed by atoms with E-state index < -0.39 is 6.04 Å². The zero-order chi connectivity index (χ0) is 25.9. The lowest BCUT2D eigenvalue weighted by molar-refractivity contribution is 0.0559. The van der Waals surface area contributed by atoms with Gasteiger partial charge in [-0.15, -0.1) is 16.4 Å². The number of fused-ring (bicyclic) bond motifs is 1. The van der Waals surface area contributed by atoms with Crippen LogP contribution in [0.15, 0.2) is 46.6 Å². The molecule has 2 saturated heterocycles. The summed E-state index contributed by atoms with van der Waals surface area (Å²) in [5.74, 6) is 0.659. The van der Waals surface area contributed by atoms with Crippen molar-refractivity contribution in [2.75, 3.05) is 19.8 Å². The van der Waals surface area contributed by atoms with E-state index in [0.717, 1.165) is 56.2 Å². The molecule has 2 aliphatic rings. The maximum atomic E-state index is 13.7. The summed E-state index contributed by atoms with van der Waals surface area (Å²) < 4.78 is 13.8. The number of H-pyrrole nitrogens is 1. The van der Waals surface area contributed by atoms with Gasteiger partial charge < -0.3 is 14.5 Å². The first-order valence-corrected chi connectivity index (χ1v) is 14.5. The van der Waals surface area contributed by atoms with Crippen molar-refractivity contribution in [1.29, 1.82) is 0 Å². The molecule has 0 radical (unpaired) electrons. The Morgan fingerprint density at radius 1 is 1.16 bits per heavy atom. The van der Waals surface area contributed by atoms with Gasteiger partial charge >= 0.3 is 0 Å². The molecule has 3 aromatic heterocycles. The molecule has 9 nitrogen and oxygen atoms in total. The molecule has 0 bridgehead atoms. The van der Waals surface area contributed by atoms with Crippen LogP contribution in [0.3, 0.4) is 0 Å². The molecule has 0 spiro atoms. The number of hydrogen-bond acceptors (Lipinski definition) is 8. The van der Waals surface area contributed by atoms with Crippen molar-refractivity contribution in [3.8, 4) is 0 Å². The largest absolute Gasteiger partial charge is 0.377 e. The summed E-state index contributed by atoms with van der Waals surface area (Å²) in [6, 6.07) is 12.0. The molecule has 5 heterocycles. The monoisotopic (exact) mass is 534 g/mol. The third kappa shape index (κ3) is 5.44. The van der Waals surface area contributed by atoms with Crippen molar-refractivity contribution in [3.63, 3.8) is 0 Å². The first-order valence-electron chi connectivity index (χ1n) is 13.6. The van der Waals surface area contributed by atoms with Crippen molar-refractivity contribution >= 4 is 22.2 Å². The number of hydrogen-bond donors (Lipinski definition) is 1. The quantitative estimate of drug-likeness (QED) is 0.327. The number of nitrogens with zero attached hydrogens (tertiary/aromatic N) is 5. The minimum atomic E-state index is -0.448. The third-order valence-corrected chi connectivity index (χ3v) is 8.47. The number of aromatic amines is 1. The van der Waals surface area contributed by atoms with Crippen molar-refractivity contribution < 1.29 is 9.47 Å². The van der Waals surface area contributed by atoms with Crippen molar-refractivity contribution in [1.82, 2.24) is 30.1 Å². The van der Waals surface area contributed by atoms with Gasteiger partial charge in [0.15, 0.2) is 5.82 Å². The van der Waals surface area contributed by atoms with Gasteiger partial charge in [-0.25, -0.2) is 4.68 Å². The number of tetrazole rings is 1. The Morgan fingerprint density at radius 2 is 2.00 bits per heavy atom. The second kappa shape index (κ2) is 11.4. The van der Waals surface area contributed by atoms with Crippen molar-refractivity contribution in [3.05, 3.63) is 74.0 Å². The van der Waals surface area contributed by atoms with Gasteiger partial charge in [-0.3, -0.25) is 9.69 Å². The Bertz CT molecular complexity index is 1410. The molecule has 10 heteroatoms. The van der Waals surface area contributed by atoms with Crippen LogP contribution in [0, 0.1) is 0 Å². The van der Waals surface area contributed by atoms with Crippen LogP contribution >= 0.6 is 11.3 Å². The summed E-state index contributed by atoms with van der Waals surface area (Å²) in [6.07, 6.45) is 5.18. The molecule has 1 aromatic carbocycles. The maximum Gasteiger partial charge on any atom is 0.253 e. The van der Waals surface area contributed by atoms with E-state index in [1.165, 1.54) is 10.4 Å². The van der Waals surface area contributed by atoms with Crippen LogP contribution in [0.25, 0.3) is 10.9 Å². The summed E-state index contributed by atoms with van der Waals surface area (Å²) in [6.45, 7) is 5.59. The fourth-order valence-electron chi connectivity index (χ4n) is 5.63. The van der Waals surface area contributed by atoms with E-state index in [4.69, 9.17) is 9.47 Å². The normalized spacial score (nSPS) is 20.6. The summed E-state index contributed by atoms with van der Waals surface area (Å²) in [7, 11) is 0. The third-order valence-electron chi connectivity index (χ3n) is 7.61. The number of pyridine rings is 1. The molecule has 1 N–H and O–H groups in total. The Hall–Kier alpha value is -2.92. The predicted molar refractivity (Wildman–Crippen MR) is 146 cm³/mol. The summed E-state index contributed by atoms with van der Waals surface area (Å²) >= 11 is 1.71. The Balaban J connectivity index is 1.47. The van der Waals surface area contributed by atoms with E-state index in [0.29, 0.717) is 31.0 Å². The average molecular weight is 535 g/mol. The highest BCUT2D eigenvalue weighted by Crippen LogP contribution is 2.31. The van der Waals surface area contributed by atoms with Gasteiger partial charge in [0.05, 0.1) is 18.8 Å². The van der Waals surface area contributed by atoms with E-state index >= 15 is 0 Å². The smallest absolute Gasteiger partial charge is 0.253 e. The van der Waals surface area contributed by atoms with Crippen LogP contribution < -0.4 is 5.56 Å². The summed E-state index contributed by atoms with van der Waals surface area (Å²) in [5.41, 5.74) is 2.58. The predicted octanol–water partition coefficient (Wildman–Crippen LogP) is 4.09. The first kappa shape index (κ1) is 25.4. The molecule has 38 heavy (non-hydrogen) atoms. The molecular formula is C28H34N6O3S. The SMILES string of the molecule is CCc1ccc2[nH]c(=O)c(C(c3nnnn3CC3CCCO3)N(Cc3cccs3)CC3CCCO3)cc2c1. The lowest BCUT2D eigenvalue weighted by Crippen LogP contribution is -2.39. The average Bonchev–Trinajstić information content (AvgIpc) is 3.74. The topological polar surface area (TPSA) is 98.2 Å². The number of nitrogens with one attached hydrogen (secondary N) is 1. The molecule has 2 fully saturated rings. The molecule has 0 aliphatic carbocycles. The second-order valence-corrected chi connectivity index (χ2v) is 11.3. The van der Waals surface area contributed by atoms with E-state index in [1.807, 2.05) is 16.8 Å². The van der Waals surface area contributed by atoms with Gasteiger partial charge in [0.1, 0.15) is 6.04 Å². The second-order valence-electron chi connectivity index (χ2n) is 10.2. The fourth-order valence-corrected chi connectivity index (χ4v) is 6.36. The van der Waals surface area contributed by atoms with Gasteiger partial charge in [-0.05, 0) is 83.1 Å². The molecule has 0 amide bonds. The van der Waals surface area contributed by atoms with Crippen LogP contribution in [0.5, 0.6) is 0 Å². The fraction of sp³-hybridized carbons (Fsp3) is 0.500. The van der Waals surface area contributed by atoms with Crippen LogP contribution in [0.4, 0.5) is 0 Å². The minimum absolute atomic E-state index is 0.0730. The van der Waals surface area contributed by atoms with E-state index in [-0.39, 0.29) is 17.8 Å². The number of thiophene rings is 1. The van der Waals surface area contributed by atoms with Crippen molar-refractivity contribution in [2.45, 2.75) is 70.4 Å². The molecular weight excluding hydrogens is 500 g/mol. The van der Waals surface area contributed by atoms with Crippen LogP contribution in [0.1, 0.15) is 60.5 Å². The Labute approximate surface area is 225 Å². The molecule has 0 saturated carbocycles. The van der Waals surface area contributed by atoms with Crippen molar-refractivity contribution in [2.24, 2.45) is 0 Å². The van der Waals surface area contributed by atoms with Crippen LogP contribution in [-0.2, 0) is 29.0 Å². The number of ether oxygens (including phenoxy) is 2. The van der Waals surface area contributed by atoms with Gasteiger partial charge in [-0.2, -0.15) is 0 Å². The lowest BCUT2D eigenvalue weighted by atomic mass is 10.0. The zero-order valence-electron chi connectivity index (χ0n) is 21.7. The van der Waals surface area contributed by atoms with E-state index in [1.54, 1.807) is 11.3 Å². The first-order chi connectivity index (χ1) is 18.7. The molecule has 3 atom stereocenters.